The molecular weight excluding hydrogens is 445 g/mol. The fourth-order valence-electron chi connectivity index (χ4n) is 4.33. The van der Waals surface area contributed by atoms with Gasteiger partial charge in [-0.05, 0) is 62.3 Å². The number of likely N-dealkylation sites (tertiary alicyclic amines) is 1. The van der Waals surface area contributed by atoms with Crippen LogP contribution in [-0.4, -0.2) is 77.3 Å². The van der Waals surface area contributed by atoms with Gasteiger partial charge in [-0.15, -0.1) is 0 Å². The quantitative estimate of drug-likeness (QED) is 0.655. The lowest BCUT2D eigenvalue weighted by Crippen LogP contribution is -2.45. The highest BCUT2D eigenvalue weighted by atomic mass is 32.2. The maximum Gasteiger partial charge on any atom is 0.415 e. The SMILES string of the molecule is CCN(CC)[C@@H]1CCN(C(=O)Oc2cc(F)ccc2/C=C2/SC(N3CCCCN3)=NC2=O)C1. The van der Waals surface area contributed by atoms with E-state index in [-0.39, 0.29) is 11.7 Å². The standard InChI is InChI=1S/C23H30FN5O3S/c1-3-27(4-2)18-9-12-28(15-18)23(31)32-19-14-17(24)8-7-16(19)13-20-21(30)26-22(33-20)29-11-6-5-10-25-29/h7-8,13-14,18,25H,3-6,9-12,15H2,1-2H3/b20-13+/t18-/m1/s1. The number of hydrazine groups is 1. The minimum Gasteiger partial charge on any atom is -0.409 e. The average molecular weight is 476 g/mol. The number of benzene rings is 1. The van der Waals surface area contributed by atoms with Crippen molar-refractivity contribution in [1.29, 1.82) is 0 Å². The van der Waals surface area contributed by atoms with E-state index < -0.39 is 11.9 Å². The average Bonchev–Trinajstić information content (AvgIpc) is 3.45. The number of hydrogen-bond acceptors (Lipinski definition) is 7. The van der Waals surface area contributed by atoms with Gasteiger partial charge in [0.1, 0.15) is 11.6 Å². The van der Waals surface area contributed by atoms with E-state index in [0.29, 0.717) is 34.8 Å². The predicted molar refractivity (Wildman–Crippen MR) is 127 cm³/mol. The van der Waals surface area contributed by atoms with E-state index in [4.69, 9.17) is 4.74 Å². The fourth-order valence-corrected chi connectivity index (χ4v) is 5.24. The van der Waals surface area contributed by atoms with Gasteiger partial charge in [-0.1, -0.05) is 13.8 Å². The largest absolute Gasteiger partial charge is 0.415 e. The van der Waals surface area contributed by atoms with Crippen molar-refractivity contribution in [2.45, 2.75) is 39.2 Å². The smallest absolute Gasteiger partial charge is 0.409 e. The lowest BCUT2D eigenvalue weighted by Gasteiger charge is -2.28. The molecular formula is C23H30FN5O3S. The first kappa shape index (κ1) is 23.7. The first-order valence-electron chi connectivity index (χ1n) is 11.5. The second-order valence-corrected chi connectivity index (χ2v) is 9.25. The molecule has 2 saturated heterocycles. The molecule has 1 aromatic rings. The van der Waals surface area contributed by atoms with Gasteiger partial charge in [0, 0.05) is 43.9 Å². The van der Waals surface area contributed by atoms with Crippen molar-refractivity contribution in [2.24, 2.45) is 4.99 Å². The monoisotopic (exact) mass is 475 g/mol. The summed E-state index contributed by atoms with van der Waals surface area (Å²) in [6.45, 7) is 8.88. The van der Waals surface area contributed by atoms with Gasteiger partial charge in [0.25, 0.3) is 5.91 Å². The molecule has 0 saturated carbocycles. The number of halogens is 1. The Balaban J connectivity index is 1.46. The Morgan fingerprint density at radius 3 is 2.88 bits per heavy atom. The number of nitrogens with one attached hydrogen (secondary N) is 1. The molecule has 0 aromatic heterocycles. The first-order chi connectivity index (χ1) is 16.0. The first-order valence-corrected chi connectivity index (χ1v) is 12.3. The van der Waals surface area contributed by atoms with Gasteiger partial charge in [0.2, 0.25) is 0 Å². The number of thioether (sulfide) groups is 1. The molecule has 0 aliphatic carbocycles. The van der Waals surface area contributed by atoms with Crippen LogP contribution in [0, 0.1) is 5.82 Å². The lowest BCUT2D eigenvalue weighted by molar-refractivity contribution is -0.113. The zero-order chi connectivity index (χ0) is 23.4. The molecule has 178 valence electrons. The Labute approximate surface area is 197 Å². The van der Waals surface area contributed by atoms with E-state index in [1.807, 2.05) is 5.01 Å². The number of carbonyl (C=O) groups is 2. The summed E-state index contributed by atoms with van der Waals surface area (Å²) in [6, 6.07) is 4.28. The summed E-state index contributed by atoms with van der Waals surface area (Å²) in [4.78, 5) is 33.8. The number of ether oxygens (including phenoxy) is 1. The van der Waals surface area contributed by atoms with Crippen LogP contribution in [0.15, 0.2) is 28.1 Å². The molecule has 10 heteroatoms. The molecule has 3 aliphatic rings. The number of nitrogens with zero attached hydrogens (tertiary/aromatic N) is 4. The molecule has 3 aliphatic heterocycles. The third-order valence-corrected chi connectivity index (χ3v) is 7.17. The van der Waals surface area contributed by atoms with Crippen LogP contribution in [0.3, 0.4) is 0 Å². The third kappa shape index (κ3) is 5.56. The number of aliphatic imine (C=N–C) groups is 1. The summed E-state index contributed by atoms with van der Waals surface area (Å²) in [5, 5.41) is 2.49. The molecule has 3 heterocycles. The molecule has 2 fully saturated rings. The van der Waals surface area contributed by atoms with Gasteiger partial charge in [-0.25, -0.2) is 14.6 Å². The Hall–Kier alpha value is -2.43. The highest BCUT2D eigenvalue weighted by Crippen LogP contribution is 2.33. The minimum absolute atomic E-state index is 0.0942. The zero-order valence-electron chi connectivity index (χ0n) is 19.1. The van der Waals surface area contributed by atoms with Crippen LogP contribution in [0.25, 0.3) is 6.08 Å². The normalized spacial score (nSPS) is 22.4. The van der Waals surface area contributed by atoms with Crippen LogP contribution in [0.5, 0.6) is 5.75 Å². The molecule has 0 spiro atoms. The Morgan fingerprint density at radius 2 is 2.15 bits per heavy atom. The molecule has 4 rings (SSSR count). The van der Waals surface area contributed by atoms with Crippen LogP contribution >= 0.6 is 11.8 Å². The van der Waals surface area contributed by atoms with Crippen molar-refractivity contribution in [3.05, 3.63) is 34.5 Å². The van der Waals surface area contributed by atoms with Crippen LogP contribution in [-0.2, 0) is 4.79 Å². The van der Waals surface area contributed by atoms with Crippen LogP contribution in [0.4, 0.5) is 9.18 Å². The predicted octanol–water partition coefficient (Wildman–Crippen LogP) is 3.31. The number of amides is 2. The van der Waals surface area contributed by atoms with E-state index >= 15 is 0 Å². The number of carbonyl (C=O) groups excluding carboxylic acids is 2. The van der Waals surface area contributed by atoms with Crippen molar-refractivity contribution < 1.29 is 18.7 Å². The number of hydrogen-bond donors (Lipinski definition) is 1. The highest BCUT2D eigenvalue weighted by Gasteiger charge is 2.31. The van der Waals surface area contributed by atoms with Gasteiger partial charge >= 0.3 is 6.09 Å². The summed E-state index contributed by atoms with van der Waals surface area (Å²) >= 11 is 1.26. The third-order valence-electron chi connectivity index (χ3n) is 6.16. The molecule has 8 nitrogen and oxygen atoms in total. The van der Waals surface area contributed by atoms with Gasteiger partial charge in [0.15, 0.2) is 5.17 Å². The molecule has 2 amide bonds. The van der Waals surface area contributed by atoms with Crippen molar-refractivity contribution >= 4 is 35.0 Å². The molecule has 0 radical (unpaired) electrons. The van der Waals surface area contributed by atoms with E-state index in [1.165, 1.54) is 30.0 Å². The van der Waals surface area contributed by atoms with Crippen molar-refractivity contribution in [1.82, 2.24) is 20.2 Å². The van der Waals surface area contributed by atoms with E-state index in [0.717, 1.165) is 45.4 Å². The topological polar surface area (TPSA) is 77.5 Å². The summed E-state index contributed by atoms with van der Waals surface area (Å²) < 4.78 is 19.6. The summed E-state index contributed by atoms with van der Waals surface area (Å²) in [5.41, 5.74) is 3.70. The maximum absolute atomic E-state index is 14.0. The Morgan fingerprint density at radius 1 is 1.33 bits per heavy atom. The number of amidine groups is 1. The summed E-state index contributed by atoms with van der Waals surface area (Å²) in [7, 11) is 0. The molecule has 1 atom stereocenters. The van der Waals surface area contributed by atoms with Gasteiger partial charge < -0.3 is 9.64 Å². The van der Waals surface area contributed by atoms with E-state index in [1.54, 1.807) is 11.0 Å². The Kier molecular flexibility index (Phi) is 7.67. The van der Waals surface area contributed by atoms with Gasteiger partial charge in [0.05, 0.1) is 4.91 Å². The lowest BCUT2D eigenvalue weighted by atomic mass is 10.2. The number of rotatable bonds is 5. The zero-order valence-corrected chi connectivity index (χ0v) is 19.9. The maximum atomic E-state index is 14.0. The second-order valence-electron chi connectivity index (χ2n) is 8.24. The van der Waals surface area contributed by atoms with Gasteiger partial charge in [-0.2, -0.15) is 4.99 Å². The van der Waals surface area contributed by atoms with Crippen LogP contribution < -0.4 is 10.2 Å². The van der Waals surface area contributed by atoms with E-state index in [9.17, 15) is 14.0 Å². The molecule has 1 aromatic carbocycles. The molecule has 33 heavy (non-hydrogen) atoms. The van der Waals surface area contributed by atoms with Crippen LogP contribution in [0.1, 0.15) is 38.7 Å². The molecule has 0 bridgehead atoms. The van der Waals surface area contributed by atoms with Crippen LogP contribution in [0.2, 0.25) is 0 Å². The molecule has 1 N–H and O–H groups in total. The summed E-state index contributed by atoms with van der Waals surface area (Å²) in [6.07, 6.45) is 4.10. The fraction of sp³-hybridized carbons (Fsp3) is 0.522. The van der Waals surface area contributed by atoms with Crippen molar-refractivity contribution in [3.63, 3.8) is 0 Å². The van der Waals surface area contributed by atoms with Crippen molar-refractivity contribution in [2.75, 3.05) is 39.3 Å². The second kappa shape index (κ2) is 10.7. The summed E-state index contributed by atoms with van der Waals surface area (Å²) in [5.74, 6) is -0.774. The van der Waals surface area contributed by atoms with E-state index in [2.05, 4.69) is 29.2 Å². The Bertz CT molecular complexity index is 959. The number of likely N-dealkylation sites (N-methyl/N-ethyl adjacent to an activating group) is 1. The molecule has 0 unspecified atom stereocenters. The minimum atomic E-state index is -0.512. The highest BCUT2D eigenvalue weighted by molar-refractivity contribution is 8.18. The van der Waals surface area contributed by atoms with Gasteiger partial charge in [-0.3, -0.25) is 14.7 Å². The van der Waals surface area contributed by atoms with Crippen molar-refractivity contribution in [3.8, 4) is 5.75 Å².